The molecule has 0 aromatic heterocycles. The Balaban J connectivity index is 1.64. The van der Waals surface area contributed by atoms with Crippen LogP contribution in [0, 0.1) is 11.8 Å². The van der Waals surface area contributed by atoms with E-state index in [1.165, 1.54) is 18.9 Å². The number of alkyl halides is 7. The van der Waals surface area contributed by atoms with E-state index >= 15 is 0 Å². The topological polar surface area (TPSA) is 63.7 Å². The third kappa shape index (κ3) is 6.02. The van der Waals surface area contributed by atoms with E-state index < -0.39 is 28.3 Å². The maximum atomic E-state index is 14.7. The van der Waals surface area contributed by atoms with Crippen LogP contribution in [0.15, 0.2) is 53.4 Å². The van der Waals surface area contributed by atoms with Crippen LogP contribution in [-0.4, -0.2) is 55.6 Å². The Morgan fingerprint density at radius 2 is 1.52 bits per heavy atom. The van der Waals surface area contributed by atoms with Gasteiger partial charge in [-0.1, -0.05) is 36.4 Å². The summed E-state index contributed by atoms with van der Waals surface area (Å²) in [6.45, 7) is 0.341. The maximum absolute atomic E-state index is 14.7. The highest BCUT2D eigenvalue weighted by molar-refractivity contribution is 8.00. The van der Waals surface area contributed by atoms with E-state index in [-0.39, 0.29) is 36.8 Å². The molecular weight excluding hydrogens is 591 g/mol. The molecule has 0 N–H and O–H groups in total. The Kier molecular flexibility index (Phi) is 9.01. The van der Waals surface area contributed by atoms with E-state index in [1.54, 1.807) is 29.2 Å². The summed E-state index contributed by atoms with van der Waals surface area (Å²) in [6, 6.07) is 9.53. The first-order chi connectivity index (χ1) is 19.6. The van der Waals surface area contributed by atoms with Crippen molar-refractivity contribution in [1.29, 1.82) is 0 Å². The molecule has 2 aliphatic rings. The van der Waals surface area contributed by atoms with Crippen LogP contribution >= 0.6 is 11.8 Å². The van der Waals surface area contributed by atoms with E-state index in [2.05, 4.69) is 0 Å². The first-order valence-corrected chi connectivity index (χ1v) is 14.0. The van der Waals surface area contributed by atoms with Crippen LogP contribution < -0.4 is 0 Å². The average Bonchev–Trinajstić information content (AvgIpc) is 3.40. The first-order valence-electron chi connectivity index (χ1n) is 13.2. The maximum Gasteiger partial charge on any atom is 0.435 e. The number of thioether (sulfide) groups is 1. The quantitative estimate of drug-likeness (QED) is 0.190. The number of esters is 1. The van der Waals surface area contributed by atoms with Crippen molar-refractivity contribution < 1.29 is 49.9 Å². The summed E-state index contributed by atoms with van der Waals surface area (Å²) in [5.74, 6) is -1.12. The standard InChI is InChI=1S/C29H28F7NO4S/c1-41-25(40)20-7-5-19(6-8-20)24(39)37-14-13-26(17-37,42-23-4-2-3-18(15-23)16-38)21-9-11-22(12-10-21)27(30,28(31,32)33)29(34,35)36/h2-4,9-12,15-16,19-20H,5-8,13-14,17H2,1H3. The number of benzene rings is 2. The molecular formula is C29H28F7NO4S. The Morgan fingerprint density at radius 3 is 2.07 bits per heavy atom. The minimum Gasteiger partial charge on any atom is -0.469 e. The van der Waals surface area contributed by atoms with Gasteiger partial charge >= 0.3 is 24.0 Å². The van der Waals surface area contributed by atoms with Crippen LogP contribution in [0.5, 0.6) is 0 Å². The largest absolute Gasteiger partial charge is 0.469 e. The molecule has 4 rings (SSSR count). The molecule has 0 spiro atoms. The molecule has 1 heterocycles. The zero-order valence-electron chi connectivity index (χ0n) is 22.4. The molecule has 228 valence electrons. The number of aldehydes is 1. The number of ether oxygens (including phenoxy) is 1. The molecule has 1 aliphatic carbocycles. The summed E-state index contributed by atoms with van der Waals surface area (Å²) >= 11 is 1.23. The van der Waals surface area contributed by atoms with Gasteiger partial charge in [0.15, 0.2) is 0 Å². The summed E-state index contributed by atoms with van der Waals surface area (Å²) in [4.78, 5) is 38.9. The molecule has 5 nitrogen and oxygen atoms in total. The lowest BCUT2D eigenvalue weighted by atomic mass is 9.81. The molecule has 1 amide bonds. The molecule has 1 atom stereocenters. The van der Waals surface area contributed by atoms with Gasteiger partial charge in [0.25, 0.3) is 0 Å². The number of methoxy groups -OCH3 is 1. The molecule has 0 bridgehead atoms. The van der Waals surface area contributed by atoms with Gasteiger partial charge in [-0.25, -0.2) is 4.39 Å². The van der Waals surface area contributed by atoms with E-state index in [1.807, 2.05) is 0 Å². The van der Waals surface area contributed by atoms with Crippen molar-refractivity contribution in [3.05, 3.63) is 65.2 Å². The number of carbonyl (C=O) groups is 3. The molecule has 13 heteroatoms. The SMILES string of the molecule is COC(=O)C1CCC(C(=O)N2CCC(Sc3cccc(C=O)c3)(c3ccc(C(F)(C(F)(F)F)C(F)(F)F)cc3)C2)CC1. The van der Waals surface area contributed by atoms with Gasteiger partial charge in [0.05, 0.1) is 17.8 Å². The first kappa shape index (κ1) is 31.8. The van der Waals surface area contributed by atoms with Crippen molar-refractivity contribution in [2.75, 3.05) is 20.2 Å². The third-order valence-electron chi connectivity index (χ3n) is 8.05. The van der Waals surface area contributed by atoms with Crippen LogP contribution in [0.25, 0.3) is 0 Å². The van der Waals surface area contributed by atoms with Gasteiger partial charge in [-0.15, -0.1) is 11.8 Å². The summed E-state index contributed by atoms with van der Waals surface area (Å²) in [7, 11) is 1.30. The van der Waals surface area contributed by atoms with Crippen molar-refractivity contribution in [3.63, 3.8) is 0 Å². The second-order valence-electron chi connectivity index (χ2n) is 10.6. The molecule has 1 aliphatic heterocycles. The molecule has 42 heavy (non-hydrogen) atoms. The highest BCUT2D eigenvalue weighted by atomic mass is 32.2. The van der Waals surface area contributed by atoms with Gasteiger partial charge in [-0.05, 0) is 49.8 Å². The average molecular weight is 620 g/mol. The molecule has 0 radical (unpaired) electrons. The van der Waals surface area contributed by atoms with Gasteiger partial charge in [0, 0.05) is 35.0 Å². The summed E-state index contributed by atoms with van der Waals surface area (Å²) < 4.78 is 98.4. The van der Waals surface area contributed by atoms with Crippen molar-refractivity contribution >= 4 is 29.9 Å². The normalized spacial score (nSPS) is 23.5. The number of amides is 1. The van der Waals surface area contributed by atoms with Gasteiger partial charge in [-0.3, -0.25) is 14.4 Å². The van der Waals surface area contributed by atoms with Crippen molar-refractivity contribution in [3.8, 4) is 0 Å². The fourth-order valence-electron chi connectivity index (χ4n) is 5.72. The summed E-state index contributed by atoms with van der Waals surface area (Å²) in [6.07, 6.45) is -9.63. The van der Waals surface area contributed by atoms with Crippen molar-refractivity contribution in [2.24, 2.45) is 11.8 Å². The Bertz CT molecular complexity index is 1290. The van der Waals surface area contributed by atoms with Crippen LogP contribution in [0.4, 0.5) is 30.7 Å². The molecule has 2 fully saturated rings. The van der Waals surface area contributed by atoms with Gasteiger partial charge in [0.1, 0.15) is 6.29 Å². The Labute approximate surface area is 241 Å². The minimum absolute atomic E-state index is 0.0808. The molecule has 2 aromatic rings. The van der Waals surface area contributed by atoms with Gasteiger partial charge in [-0.2, -0.15) is 26.3 Å². The number of rotatable bonds is 7. The number of halogens is 7. The summed E-state index contributed by atoms with van der Waals surface area (Å²) in [5, 5.41) is 0. The molecule has 1 unspecified atom stereocenters. The van der Waals surface area contributed by atoms with Crippen LogP contribution in [0.2, 0.25) is 0 Å². The fraction of sp³-hybridized carbons (Fsp3) is 0.483. The van der Waals surface area contributed by atoms with Gasteiger partial charge < -0.3 is 9.64 Å². The zero-order valence-corrected chi connectivity index (χ0v) is 23.3. The number of carbonyl (C=O) groups excluding carboxylic acids is 3. The molecule has 2 aromatic carbocycles. The Hall–Kier alpha value is -3.09. The van der Waals surface area contributed by atoms with E-state index in [0.29, 0.717) is 66.5 Å². The van der Waals surface area contributed by atoms with E-state index in [4.69, 9.17) is 4.74 Å². The van der Waals surface area contributed by atoms with Crippen LogP contribution in [0.3, 0.4) is 0 Å². The lowest BCUT2D eigenvalue weighted by molar-refractivity contribution is -0.348. The van der Waals surface area contributed by atoms with Crippen molar-refractivity contribution in [1.82, 2.24) is 4.90 Å². The van der Waals surface area contributed by atoms with E-state index in [9.17, 15) is 45.1 Å². The number of nitrogens with zero attached hydrogens (tertiary/aromatic N) is 1. The van der Waals surface area contributed by atoms with E-state index in [0.717, 1.165) is 12.1 Å². The number of hydrogen-bond acceptors (Lipinski definition) is 5. The minimum atomic E-state index is -6.24. The fourth-order valence-corrected chi connectivity index (χ4v) is 7.18. The van der Waals surface area contributed by atoms with Crippen LogP contribution in [0.1, 0.15) is 53.6 Å². The second kappa shape index (κ2) is 11.9. The molecule has 1 saturated heterocycles. The second-order valence-corrected chi connectivity index (χ2v) is 12.1. The van der Waals surface area contributed by atoms with Crippen LogP contribution in [-0.2, 0) is 24.7 Å². The number of likely N-dealkylation sites (tertiary alicyclic amines) is 1. The predicted octanol–water partition coefficient (Wildman–Crippen LogP) is 6.99. The Morgan fingerprint density at radius 1 is 0.929 bits per heavy atom. The lowest BCUT2D eigenvalue weighted by Gasteiger charge is -2.33. The zero-order chi connectivity index (χ0) is 30.9. The third-order valence-corrected chi connectivity index (χ3v) is 9.50. The lowest BCUT2D eigenvalue weighted by Crippen LogP contribution is -2.50. The smallest absolute Gasteiger partial charge is 0.435 e. The van der Waals surface area contributed by atoms with Crippen molar-refractivity contribution in [2.45, 2.75) is 59.8 Å². The predicted molar refractivity (Wildman–Crippen MR) is 139 cm³/mol. The highest BCUT2D eigenvalue weighted by Gasteiger charge is 2.73. The van der Waals surface area contributed by atoms with Gasteiger partial charge in [0.2, 0.25) is 5.91 Å². The monoisotopic (exact) mass is 619 g/mol. The number of hydrogen-bond donors (Lipinski definition) is 0. The highest BCUT2D eigenvalue weighted by Crippen LogP contribution is 2.54. The summed E-state index contributed by atoms with van der Waals surface area (Å²) in [5.41, 5.74) is -6.49. The molecule has 1 saturated carbocycles.